The Morgan fingerprint density at radius 3 is 2.50 bits per heavy atom. The first-order valence-corrected chi connectivity index (χ1v) is 7.34. The monoisotopic (exact) mass is 348 g/mol. The Balaban J connectivity index is 2.93. The van der Waals surface area contributed by atoms with E-state index in [2.05, 4.69) is 5.32 Å². The number of halogens is 3. The van der Waals surface area contributed by atoms with Crippen LogP contribution in [0.3, 0.4) is 0 Å². The summed E-state index contributed by atoms with van der Waals surface area (Å²) in [5.41, 5.74) is -1.59. The van der Waals surface area contributed by atoms with E-state index in [4.69, 9.17) is 4.74 Å². The molecule has 5 nitrogen and oxygen atoms in total. The molecule has 24 heavy (non-hydrogen) atoms. The molecule has 0 fully saturated rings. The molecule has 8 heteroatoms. The van der Waals surface area contributed by atoms with Crippen molar-refractivity contribution >= 4 is 6.03 Å². The van der Waals surface area contributed by atoms with Crippen LogP contribution < -0.4 is 5.32 Å². The van der Waals surface area contributed by atoms with Crippen LogP contribution in [-0.2, 0) is 10.9 Å². The van der Waals surface area contributed by atoms with Gasteiger partial charge in [-0.3, -0.25) is 0 Å². The van der Waals surface area contributed by atoms with Crippen LogP contribution in [0.1, 0.15) is 31.0 Å². The molecule has 136 valence electrons. The highest BCUT2D eigenvalue weighted by Crippen LogP contribution is 2.30. The van der Waals surface area contributed by atoms with Crippen molar-refractivity contribution in [2.75, 3.05) is 27.3 Å². The van der Waals surface area contributed by atoms with Crippen LogP contribution >= 0.6 is 0 Å². The van der Waals surface area contributed by atoms with Gasteiger partial charge in [-0.05, 0) is 31.5 Å². The Morgan fingerprint density at radius 2 is 2.00 bits per heavy atom. The summed E-state index contributed by atoms with van der Waals surface area (Å²) in [7, 11) is 2.89. The van der Waals surface area contributed by atoms with E-state index in [0.717, 1.165) is 12.1 Å². The first kappa shape index (κ1) is 20.2. The summed E-state index contributed by atoms with van der Waals surface area (Å²) >= 11 is 0. The predicted octanol–water partition coefficient (Wildman–Crippen LogP) is 2.81. The molecule has 1 aromatic rings. The van der Waals surface area contributed by atoms with Gasteiger partial charge in [-0.1, -0.05) is 12.1 Å². The number of carbonyl (C=O) groups excluding carboxylic acids is 1. The van der Waals surface area contributed by atoms with E-state index in [0.29, 0.717) is 0 Å². The van der Waals surface area contributed by atoms with E-state index in [1.807, 2.05) is 0 Å². The van der Waals surface area contributed by atoms with Crippen molar-refractivity contribution in [3.05, 3.63) is 35.4 Å². The number of nitrogens with zero attached hydrogens (tertiary/aromatic N) is 1. The average molecular weight is 348 g/mol. The molecule has 1 aromatic carbocycles. The Bertz CT molecular complexity index is 556. The molecule has 0 aliphatic heterocycles. The molecule has 1 unspecified atom stereocenters. The highest BCUT2D eigenvalue weighted by Gasteiger charge is 2.31. The van der Waals surface area contributed by atoms with Gasteiger partial charge in [0, 0.05) is 14.2 Å². The summed E-state index contributed by atoms with van der Waals surface area (Å²) in [6.45, 7) is 3.19. The molecular formula is C16H23F3N2O3. The minimum Gasteiger partial charge on any atom is -0.389 e. The van der Waals surface area contributed by atoms with Crippen LogP contribution in [0.25, 0.3) is 0 Å². The highest BCUT2D eigenvalue weighted by molar-refractivity contribution is 5.74. The largest absolute Gasteiger partial charge is 0.416 e. The SMILES string of the molecule is COCC(NC(=O)N(C)CC(C)(C)O)c1cccc(C(F)(F)F)c1. The summed E-state index contributed by atoms with van der Waals surface area (Å²) in [5, 5.41) is 12.4. The van der Waals surface area contributed by atoms with E-state index in [1.54, 1.807) is 13.8 Å². The van der Waals surface area contributed by atoms with E-state index < -0.39 is 29.4 Å². The number of hydrogen-bond acceptors (Lipinski definition) is 3. The second-order valence-electron chi connectivity index (χ2n) is 6.25. The normalized spacial score (nSPS) is 13.5. The number of benzene rings is 1. The van der Waals surface area contributed by atoms with E-state index in [1.165, 1.54) is 31.2 Å². The van der Waals surface area contributed by atoms with Crippen LogP contribution in [0.2, 0.25) is 0 Å². The zero-order valence-electron chi connectivity index (χ0n) is 14.1. The Kier molecular flexibility index (Phi) is 6.62. The van der Waals surface area contributed by atoms with Crippen molar-refractivity contribution in [1.82, 2.24) is 10.2 Å². The molecule has 0 saturated heterocycles. The van der Waals surface area contributed by atoms with Crippen molar-refractivity contribution < 1.29 is 27.8 Å². The van der Waals surface area contributed by atoms with Gasteiger partial charge >= 0.3 is 12.2 Å². The van der Waals surface area contributed by atoms with E-state index in [-0.39, 0.29) is 18.7 Å². The summed E-state index contributed by atoms with van der Waals surface area (Å²) < 4.78 is 43.5. The lowest BCUT2D eigenvalue weighted by Gasteiger charge is -2.28. The van der Waals surface area contributed by atoms with Gasteiger partial charge in [0.1, 0.15) is 0 Å². The summed E-state index contributed by atoms with van der Waals surface area (Å²) in [5.74, 6) is 0. The fourth-order valence-electron chi connectivity index (χ4n) is 2.23. The van der Waals surface area contributed by atoms with Gasteiger partial charge in [-0.2, -0.15) is 13.2 Å². The lowest BCUT2D eigenvalue weighted by atomic mass is 10.0. The van der Waals surface area contributed by atoms with Gasteiger partial charge < -0.3 is 20.1 Å². The second kappa shape index (κ2) is 7.85. The van der Waals surface area contributed by atoms with Gasteiger partial charge in [0.2, 0.25) is 0 Å². The fourth-order valence-corrected chi connectivity index (χ4v) is 2.23. The number of amides is 2. The minimum absolute atomic E-state index is 0.0173. The third-order valence-corrected chi connectivity index (χ3v) is 3.22. The number of methoxy groups -OCH3 is 1. The van der Waals surface area contributed by atoms with E-state index >= 15 is 0 Å². The topological polar surface area (TPSA) is 61.8 Å². The minimum atomic E-state index is -4.46. The summed E-state index contributed by atoms with van der Waals surface area (Å²) in [4.78, 5) is 13.4. The number of aliphatic hydroxyl groups is 1. The smallest absolute Gasteiger partial charge is 0.389 e. The molecule has 0 bridgehead atoms. The molecule has 0 heterocycles. The third kappa shape index (κ3) is 6.37. The maximum absolute atomic E-state index is 12.8. The average Bonchev–Trinajstić information content (AvgIpc) is 2.44. The number of nitrogens with one attached hydrogen (secondary N) is 1. The van der Waals surface area contributed by atoms with Crippen LogP contribution in [-0.4, -0.2) is 48.9 Å². The number of hydrogen-bond donors (Lipinski definition) is 2. The molecular weight excluding hydrogens is 325 g/mol. The predicted molar refractivity (Wildman–Crippen MR) is 83.5 cm³/mol. The lowest BCUT2D eigenvalue weighted by Crippen LogP contribution is -2.46. The molecule has 0 aliphatic rings. The zero-order chi connectivity index (χ0) is 18.5. The Morgan fingerprint density at radius 1 is 1.38 bits per heavy atom. The molecule has 2 N–H and O–H groups in total. The van der Waals surface area contributed by atoms with Crippen LogP contribution in [0.5, 0.6) is 0 Å². The first-order chi connectivity index (χ1) is 10.9. The van der Waals surface area contributed by atoms with Gasteiger partial charge in [0.05, 0.1) is 30.4 Å². The van der Waals surface area contributed by atoms with E-state index in [9.17, 15) is 23.1 Å². The summed E-state index contributed by atoms with van der Waals surface area (Å²) in [6.07, 6.45) is -4.46. The molecule has 2 amide bonds. The molecule has 0 aliphatic carbocycles. The number of urea groups is 1. The molecule has 0 aromatic heterocycles. The van der Waals surface area contributed by atoms with Crippen molar-refractivity contribution in [3.63, 3.8) is 0 Å². The number of rotatable bonds is 6. The Labute approximate surface area is 139 Å². The highest BCUT2D eigenvalue weighted by atomic mass is 19.4. The summed E-state index contributed by atoms with van der Waals surface area (Å²) in [6, 6.07) is 3.48. The number of likely N-dealkylation sites (N-methyl/N-ethyl adjacent to an activating group) is 1. The number of ether oxygens (including phenoxy) is 1. The molecule has 1 atom stereocenters. The van der Waals surface area contributed by atoms with Gasteiger partial charge in [0.25, 0.3) is 0 Å². The number of carbonyl (C=O) groups is 1. The lowest BCUT2D eigenvalue weighted by molar-refractivity contribution is -0.137. The van der Waals surface area contributed by atoms with Gasteiger partial charge in [-0.25, -0.2) is 4.79 Å². The molecule has 0 spiro atoms. The van der Waals surface area contributed by atoms with Crippen molar-refractivity contribution in [1.29, 1.82) is 0 Å². The third-order valence-electron chi connectivity index (χ3n) is 3.22. The second-order valence-corrected chi connectivity index (χ2v) is 6.25. The maximum Gasteiger partial charge on any atom is 0.416 e. The van der Waals surface area contributed by atoms with Crippen molar-refractivity contribution in [2.24, 2.45) is 0 Å². The maximum atomic E-state index is 12.8. The molecule has 1 rings (SSSR count). The van der Waals surface area contributed by atoms with Crippen LogP contribution in [0, 0.1) is 0 Å². The quantitative estimate of drug-likeness (QED) is 0.831. The van der Waals surface area contributed by atoms with Crippen molar-refractivity contribution in [3.8, 4) is 0 Å². The standard InChI is InChI=1S/C16H23F3N2O3/c1-15(2,23)10-21(3)14(22)20-13(9-24-4)11-6-5-7-12(8-11)16(17,18)19/h5-8,13,23H,9-10H2,1-4H3,(H,20,22). The number of alkyl halides is 3. The first-order valence-electron chi connectivity index (χ1n) is 7.34. The fraction of sp³-hybridized carbons (Fsp3) is 0.562. The van der Waals surface area contributed by atoms with Gasteiger partial charge in [-0.15, -0.1) is 0 Å². The van der Waals surface area contributed by atoms with Gasteiger partial charge in [0.15, 0.2) is 0 Å². The van der Waals surface area contributed by atoms with Crippen molar-refractivity contribution in [2.45, 2.75) is 31.7 Å². The Hall–Kier alpha value is -1.80. The van der Waals surface area contributed by atoms with Crippen LogP contribution in [0.4, 0.5) is 18.0 Å². The van der Waals surface area contributed by atoms with Crippen LogP contribution in [0.15, 0.2) is 24.3 Å². The molecule has 0 saturated carbocycles. The zero-order valence-corrected chi connectivity index (χ0v) is 14.1. The molecule has 0 radical (unpaired) electrons.